The monoisotopic (exact) mass is 209 g/mol. The largest absolute Gasteiger partial charge is 0.385 e. The van der Waals surface area contributed by atoms with Gasteiger partial charge in [0.15, 0.2) is 0 Å². The molecule has 0 aliphatic carbocycles. The van der Waals surface area contributed by atoms with E-state index in [0.29, 0.717) is 5.82 Å². The molecule has 0 fully saturated rings. The molecule has 0 radical (unpaired) electrons. The fourth-order valence-electron chi connectivity index (χ4n) is 1.67. The van der Waals surface area contributed by atoms with Gasteiger partial charge in [0.2, 0.25) is 0 Å². The number of hydrogen-bond donors (Lipinski definition) is 2. The van der Waals surface area contributed by atoms with E-state index in [2.05, 4.69) is 4.98 Å². The van der Waals surface area contributed by atoms with Gasteiger partial charge in [-0.1, -0.05) is 0 Å². The van der Waals surface area contributed by atoms with E-state index in [-0.39, 0.29) is 6.04 Å². The molecule has 1 rings (SSSR count). The van der Waals surface area contributed by atoms with E-state index >= 15 is 0 Å². The first-order chi connectivity index (χ1) is 7.16. The number of hydrogen-bond acceptors (Lipinski definition) is 4. The van der Waals surface area contributed by atoms with E-state index in [4.69, 9.17) is 16.2 Å². The Kier molecular flexibility index (Phi) is 4.52. The Morgan fingerprint density at radius 3 is 2.87 bits per heavy atom. The van der Waals surface area contributed by atoms with Crippen molar-refractivity contribution in [2.75, 3.05) is 19.5 Å². The Balaban J connectivity index is 2.68. The summed E-state index contributed by atoms with van der Waals surface area (Å²) in [5.74, 6) is 0.542. The predicted octanol–water partition coefficient (Wildman–Crippen LogP) is 1.40. The molecule has 0 spiro atoms. The van der Waals surface area contributed by atoms with Crippen molar-refractivity contribution in [2.45, 2.75) is 25.8 Å². The van der Waals surface area contributed by atoms with Crippen LogP contribution in [-0.2, 0) is 4.74 Å². The normalized spacial score (nSPS) is 12.7. The van der Waals surface area contributed by atoms with Crippen LogP contribution < -0.4 is 11.5 Å². The Labute approximate surface area is 90.6 Å². The molecule has 15 heavy (non-hydrogen) atoms. The summed E-state index contributed by atoms with van der Waals surface area (Å²) in [7, 11) is 1.69. The molecule has 0 saturated heterocycles. The molecule has 0 aliphatic rings. The van der Waals surface area contributed by atoms with Crippen LogP contribution in [0.15, 0.2) is 12.3 Å². The van der Waals surface area contributed by atoms with Crippen LogP contribution in [0, 0.1) is 6.92 Å². The Morgan fingerprint density at radius 1 is 1.53 bits per heavy atom. The van der Waals surface area contributed by atoms with E-state index < -0.39 is 0 Å². The van der Waals surface area contributed by atoms with Gasteiger partial charge >= 0.3 is 0 Å². The third kappa shape index (κ3) is 3.18. The van der Waals surface area contributed by atoms with E-state index in [1.165, 1.54) is 0 Å². The quantitative estimate of drug-likeness (QED) is 0.719. The number of rotatable bonds is 5. The summed E-state index contributed by atoms with van der Waals surface area (Å²) in [6, 6.07) is 1.89. The van der Waals surface area contributed by atoms with Crippen molar-refractivity contribution < 1.29 is 4.74 Å². The topological polar surface area (TPSA) is 74.2 Å². The number of nitrogens with two attached hydrogens (primary N) is 2. The number of ether oxygens (including phenoxy) is 1. The molecule has 0 aromatic carbocycles. The van der Waals surface area contributed by atoms with Crippen molar-refractivity contribution in [1.82, 2.24) is 4.98 Å². The highest BCUT2D eigenvalue weighted by Gasteiger charge is 2.12. The summed E-state index contributed by atoms with van der Waals surface area (Å²) in [6.07, 6.45) is 3.51. The maximum absolute atomic E-state index is 6.06. The molecular weight excluding hydrogens is 190 g/mol. The van der Waals surface area contributed by atoms with Crippen molar-refractivity contribution in [2.24, 2.45) is 5.73 Å². The molecule has 1 atom stereocenters. The van der Waals surface area contributed by atoms with Crippen molar-refractivity contribution in [1.29, 1.82) is 0 Å². The molecule has 0 amide bonds. The lowest BCUT2D eigenvalue weighted by Crippen LogP contribution is -2.15. The van der Waals surface area contributed by atoms with Crippen LogP contribution in [0.4, 0.5) is 5.82 Å². The van der Waals surface area contributed by atoms with Crippen LogP contribution in [0.25, 0.3) is 0 Å². The summed E-state index contributed by atoms with van der Waals surface area (Å²) >= 11 is 0. The van der Waals surface area contributed by atoms with Crippen LogP contribution in [-0.4, -0.2) is 18.7 Å². The number of aryl methyl sites for hydroxylation is 1. The highest BCUT2D eigenvalue weighted by molar-refractivity contribution is 5.45. The van der Waals surface area contributed by atoms with Crippen molar-refractivity contribution >= 4 is 5.82 Å². The van der Waals surface area contributed by atoms with Gasteiger partial charge < -0.3 is 16.2 Å². The smallest absolute Gasteiger partial charge is 0.128 e. The maximum Gasteiger partial charge on any atom is 0.128 e. The summed E-state index contributed by atoms with van der Waals surface area (Å²) in [5.41, 5.74) is 13.9. The second-order valence-corrected chi connectivity index (χ2v) is 3.67. The Hall–Kier alpha value is -1.13. The summed E-state index contributed by atoms with van der Waals surface area (Å²) < 4.78 is 4.99. The number of anilines is 1. The first-order valence-electron chi connectivity index (χ1n) is 5.12. The molecule has 4 nitrogen and oxygen atoms in total. The van der Waals surface area contributed by atoms with Gasteiger partial charge in [0.05, 0.1) is 0 Å². The number of nitrogen functional groups attached to an aromatic ring is 1. The lowest BCUT2D eigenvalue weighted by molar-refractivity contribution is 0.190. The first-order valence-corrected chi connectivity index (χ1v) is 5.12. The van der Waals surface area contributed by atoms with Gasteiger partial charge in [-0.15, -0.1) is 0 Å². The van der Waals surface area contributed by atoms with Gasteiger partial charge in [-0.3, -0.25) is 0 Å². The van der Waals surface area contributed by atoms with Crippen LogP contribution in [0.5, 0.6) is 0 Å². The maximum atomic E-state index is 6.06. The van der Waals surface area contributed by atoms with E-state index in [1.807, 2.05) is 13.0 Å². The van der Waals surface area contributed by atoms with Gasteiger partial charge in [-0.2, -0.15) is 0 Å². The average molecular weight is 209 g/mol. The second-order valence-electron chi connectivity index (χ2n) is 3.67. The van der Waals surface area contributed by atoms with Crippen molar-refractivity contribution in [3.05, 3.63) is 23.4 Å². The zero-order valence-corrected chi connectivity index (χ0v) is 9.36. The first kappa shape index (κ1) is 11.9. The minimum atomic E-state index is -0.0474. The standard InChI is InChI=1S/C11H19N3O/c1-8-5-6-14-11(13)10(8)9(12)4-3-7-15-2/h5-6,9H,3-4,7,12H2,1-2H3,(H2,13,14). The molecular formula is C11H19N3O. The van der Waals surface area contributed by atoms with Crippen LogP contribution in [0.3, 0.4) is 0 Å². The lowest BCUT2D eigenvalue weighted by atomic mass is 9.99. The molecule has 1 aromatic heterocycles. The summed E-state index contributed by atoms with van der Waals surface area (Å²) in [4.78, 5) is 4.06. The molecule has 4 heteroatoms. The molecule has 0 saturated carbocycles. The van der Waals surface area contributed by atoms with E-state index in [0.717, 1.165) is 30.6 Å². The molecule has 0 bridgehead atoms. The van der Waals surface area contributed by atoms with Crippen LogP contribution in [0.2, 0.25) is 0 Å². The van der Waals surface area contributed by atoms with Gasteiger partial charge in [0, 0.05) is 31.5 Å². The second kappa shape index (κ2) is 5.68. The summed E-state index contributed by atoms with van der Waals surface area (Å²) in [5, 5.41) is 0. The number of nitrogens with zero attached hydrogens (tertiary/aromatic N) is 1. The van der Waals surface area contributed by atoms with Gasteiger partial charge in [-0.05, 0) is 31.4 Å². The zero-order valence-electron chi connectivity index (χ0n) is 9.36. The Morgan fingerprint density at radius 2 is 2.27 bits per heavy atom. The number of pyridine rings is 1. The highest BCUT2D eigenvalue weighted by atomic mass is 16.5. The van der Waals surface area contributed by atoms with Crippen LogP contribution in [0.1, 0.15) is 30.0 Å². The minimum absolute atomic E-state index is 0.0474. The van der Waals surface area contributed by atoms with Crippen molar-refractivity contribution in [3.63, 3.8) is 0 Å². The molecule has 84 valence electrons. The average Bonchev–Trinajstić information content (AvgIpc) is 2.18. The molecule has 1 unspecified atom stereocenters. The third-order valence-electron chi connectivity index (χ3n) is 2.47. The van der Waals surface area contributed by atoms with E-state index in [9.17, 15) is 0 Å². The highest BCUT2D eigenvalue weighted by Crippen LogP contribution is 2.23. The van der Waals surface area contributed by atoms with Crippen molar-refractivity contribution in [3.8, 4) is 0 Å². The number of aromatic nitrogens is 1. The molecule has 4 N–H and O–H groups in total. The van der Waals surface area contributed by atoms with E-state index in [1.54, 1.807) is 13.3 Å². The van der Waals surface area contributed by atoms with Gasteiger partial charge in [0.25, 0.3) is 0 Å². The fourth-order valence-corrected chi connectivity index (χ4v) is 1.67. The summed E-state index contributed by atoms with van der Waals surface area (Å²) in [6.45, 7) is 2.73. The Bertz CT molecular complexity index is 294. The fraction of sp³-hybridized carbons (Fsp3) is 0.545. The van der Waals surface area contributed by atoms with Gasteiger partial charge in [-0.25, -0.2) is 4.98 Å². The molecule has 0 aliphatic heterocycles. The zero-order chi connectivity index (χ0) is 11.3. The SMILES string of the molecule is COCCCC(N)c1c(C)ccnc1N. The lowest BCUT2D eigenvalue weighted by Gasteiger charge is -2.15. The number of methoxy groups -OCH3 is 1. The molecule has 1 heterocycles. The van der Waals surface area contributed by atoms with Crippen LogP contribution >= 0.6 is 0 Å². The predicted molar refractivity (Wildman–Crippen MR) is 61.4 cm³/mol. The third-order valence-corrected chi connectivity index (χ3v) is 2.47. The molecule has 1 aromatic rings. The van der Waals surface area contributed by atoms with Gasteiger partial charge in [0.1, 0.15) is 5.82 Å². The minimum Gasteiger partial charge on any atom is -0.385 e.